The van der Waals surface area contributed by atoms with E-state index in [4.69, 9.17) is 5.73 Å². The molecule has 0 amide bonds. The van der Waals surface area contributed by atoms with Crippen LogP contribution in [-0.2, 0) is 0 Å². The second-order valence-electron chi connectivity index (χ2n) is 4.35. The molecule has 2 aromatic rings. The van der Waals surface area contributed by atoms with Gasteiger partial charge in [0.25, 0.3) is 0 Å². The van der Waals surface area contributed by atoms with Crippen LogP contribution in [0.5, 0.6) is 0 Å². The molecular formula is C14H16BrFN2S. The fourth-order valence-electron chi connectivity index (χ4n) is 1.94. The van der Waals surface area contributed by atoms with E-state index in [-0.39, 0.29) is 11.9 Å². The van der Waals surface area contributed by atoms with Crippen LogP contribution < -0.4 is 11.1 Å². The minimum atomic E-state index is -0.307. The Balaban J connectivity index is 2.24. The highest BCUT2D eigenvalue weighted by molar-refractivity contribution is 9.10. The Morgan fingerprint density at radius 3 is 2.89 bits per heavy atom. The van der Waals surface area contributed by atoms with Crippen molar-refractivity contribution in [3.8, 4) is 0 Å². The molecule has 0 radical (unpaired) electrons. The molecule has 1 atom stereocenters. The number of halogens is 2. The van der Waals surface area contributed by atoms with Gasteiger partial charge in [0.2, 0.25) is 0 Å². The van der Waals surface area contributed by atoms with Crippen molar-refractivity contribution >= 4 is 38.6 Å². The number of anilines is 2. The predicted molar refractivity (Wildman–Crippen MR) is 84.1 cm³/mol. The van der Waals surface area contributed by atoms with Gasteiger partial charge in [-0.2, -0.15) is 0 Å². The predicted octanol–water partition coefficient (Wildman–Crippen LogP) is 5.19. The number of nitrogens with two attached hydrogens (primary N) is 1. The summed E-state index contributed by atoms with van der Waals surface area (Å²) in [5.74, 6) is -0.307. The van der Waals surface area contributed by atoms with Gasteiger partial charge in [-0.25, -0.2) is 4.39 Å². The van der Waals surface area contributed by atoms with Crippen LogP contribution in [0, 0.1) is 5.82 Å². The molecule has 1 unspecified atom stereocenters. The van der Waals surface area contributed by atoms with Crippen molar-refractivity contribution in [2.24, 2.45) is 0 Å². The summed E-state index contributed by atoms with van der Waals surface area (Å²) in [7, 11) is 0. The number of nitrogens with one attached hydrogen (secondary N) is 1. The van der Waals surface area contributed by atoms with Crippen molar-refractivity contribution in [2.75, 3.05) is 11.1 Å². The summed E-state index contributed by atoms with van der Waals surface area (Å²) in [5, 5.41) is 5.39. The van der Waals surface area contributed by atoms with Crippen molar-refractivity contribution in [2.45, 2.75) is 25.8 Å². The molecule has 1 aromatic heterocycles. The van der Waals surface area contributed by atoms with Crippen molar-refractivity contribution in [1.82, 2.24) is 0 Å². The van der Waals surface area contributed by atoms with Gasteiger partial charge in [-0.1, -0.05) is 19.4 Å². The Morgan fingerprint density at radius 2 is 2.26 bits per heavy atom. The molecular weight excluding hydrogens is 327 g/mol. The number of hydrogen-bond acceptors (Lipinski definition) is 3. The minimum absolute atomic E-state index is 0.174. The van der Waals surface area contributed by atoms with Gasteiger partial charge >= 0.3 is 0 Å². The van der Waals surface area contributed by atoms with Crippen molar-refractivity contribution in [1.29, 1.82) is 0 Å². The van der Waals surface area contributed by atoms with Gasteiger partial charge in [0.1, 0.15) is 5.82 Å². The molecule has 0 fully saturated rings. The Kier molecular flexibility index (Phi) is 4.82. The maximum Gasteiger partial charge on any atom is 0.139 e. The first-order valence-corrected chi connectivity index (χ1v) is 7.83. The third-order valence-corrected chi connectivity index (χ3v) is 4.48. The molecule has 0 saturated heterocycles. The summed E-state index contributed by atoms with van der Waals surface area (Å²) in [6, 6.07) is 7.32. The molecule has 19 heavy (non-hydrogen) atoms. The largest absolute Gasteiger partial charge is 0.397 e. The monoisotopic (exact) mass is 342 g/mol. The maximum atomic E-state index is 13.6. The van der Waals surface area contributed by atoms with Crippen molar-refractivity contribution in [3.05, 3.63) is 44.8 Å². The van der Waals surface area contributed by atoms with Gasteiger partial charge in [0.05, 0.1) is 21.9 Å². The molecule has 0 aliphatic carbocycles. The number of benzene rings is 1. The normalized spacial score (nSPS) is 12.4. The molecule has 0 aliphatic rings. The first-order chi connectivity index (χ1) is 9.11. The standard InChI is InChI=1S/C14H16BrFN2S/c1-2-4-12(14-5-3-6-19-14)18-13-8-10(16)9(15)7-11(13)17/h3,5-8,12,18H,2,4,17H2,1H3. The second-order valence-corrected chi connectivity index (χ2v) is 6.19. The van der Waals surface area contributed by atoms with Crippen LogP contribution in [0.25, 0.3) is 0 Å². The Hall–Kier alpha value is -1.07. The molecule has 3 N–H and O–H groups in total. The van der Waals surface area contributed by atoms with Crippen molar-refractivity contribution in [3.63, 3.8) is 0 Å². The van der Waals surface area contributed by atoms with Crippen LogP contribution in [0.1, 0.15) is 30.7 Å². The smallest absolute Gasteiger partial charge is 0.139 e. The summed E-state index contributed by atoms with van der Waals surface area (Å²) in [5.41, 5.74) is 7.13. The highest BCUT2D eigenvalue weighted by Crippen LogP contribution is 2.32. The minimum Gasteiger partial charge on any atom is -0.397 e. The molecule has 0 saturated carbocycles. The fourth-order valence-corrected chi connectivity index (χ4v) is 3.11. The van der Waals surface area contributed by atoms with Gasteiger partial charge < -0.3 is 11.1 Å². The lowest BCUT2D eigenvalue weighted by molar-refractivity contribution is 0.620. The van der Waals surface area contributed by atoms with Crippen LogP contribution in [0.4, 0.5) is 15.8 Å². The van der Waals surface area contributed by atoms with E-state index < -0.39 is 0 Å². The van der Waals surface area contributed by atoms with E-state index in [1.807, 2.05) is 11.4 Å². The SMILES string of the molecule is CCCC(Nc1cc(F)c(Br)cc1N)c1cccs1. The average molecular weight is 343 g/mol. The van der Waals surface area contributed by atoms with Crippen LogP contribution in [0.15, 0.2) is 34.1 Å². The van der Waals surface area contributed by atoms with E-state index in [0.29, 0.717) is 15.8 Å². The molecule has 0 bridgehead atoms. The first kappa shape index (κ1) is 14.3. The van der Waals surface area contributed by atoms with Crippen LogP contribution in [0.2, 0.25) is 0 Å². The summed E-state index contributed by atoms with van der Waals surface area (Å²) in [6.45, 7) is 2.13. The number of thiophene rings is 1. The lowest BCUT2D eigenvalue weighted by Crippen LogP contribution is -2.11. The second kappa shape index (κ2) is 6.39. The summed E-state index contributed by atoms with van der Waals surface area (Å²) in [6.07, 6.45) is 2.03. The zero-order valence-corrected chi connectivity index (χ0v) is 13.0. The highest BCUT2D eigenvalue weighted by Gasteiger charge is 2.14. The van der Waals surface area contributed by atoms with Gasteiger partial charge in [-0.15, -0.1) is 11.3 Å². The molecule has 2 nitrogen and oxygen atoms in total. The van der Waals surface area contributed by atoms with Gasteiger partial charge in [0, 0.05) is 10.9 Å². The van der Waals surface area contributed by atoms with E-state index in [1.165, 1.54) is 10.9 Å². The number of nitrogen functional groups attached to an aromatic ring is 1. The lowest BCUT2D eigenvalue weighted by Gasteiger charge is -2.19. The third kappa shape index (κ3) is 3.48. The molecule has 5 heteroatoms. The summed E-state index contributed by atoms with van der Waals surface area (Å²) >= 11 is 4.83. The van der Waals surface area contributed by atoms with Gasteiger partial charge in [-0.3, -0.25) is 0 Å². The van der Waals surface area contributed by atoms with Gasteiger partial charge in [-0.05, 0) is 39.9 Å². The van der Waals surface area contributed by atoms with E-state index in [9.17, 15) is 4.39 Å². The number of hydrogen-bond donors (Lipinski definition) is 2. The quantitative estimate of drug-likeness (QED) is 0.734. The first-order valence-electron chi connectivity index (χ1n) is 6.16. The molecule has 0 spiro atoms. The highest BCUT2D eigenvalue weighted by atomic mass is 79.9. The fraction of sp³-hybridized carbons (Fsp3) is 0.286. The Bertz CT molecular complexity index is 543. The summed E-state index contributed by atoms with van der Waals surface area (Å²) in [4.78, 5) is 1.24. The van der Waals surface area contributed by atoms with Crippen LogP contribution in [-0.4, -0.2) is 0 Å². The number of rotatable bonds is 5. The third-order valence-electron chi connectivity index (χ3n) is 2.89. The Morgan fingerprint density at radius 1 is 1.47 bits per heavy atom. The lowest BCUT2D eigenvalue weighted by atomic mass is 10.1. The molecule has 0 aliphatic heterocycles. The zero-order valence-electron chi connectivity index (χ0n) is 10.6. The molecule has 1 heterocycles. The van der Waals surface area contributed by atoms with Crippen LogP contribution in [0.3, 0.4) is 0 Å². The van der Waals surface area contributed by atoms with E-state index in [2.05, 4.69) is 34.2 Å². The topological polar surface area (TPSA) is 38.0 Å². The molecule has 102 valence electrons. The van der Waals surface area contributed by atoms with Crippen molar-refractivity contribution < 1.29 is 4.39 Å². The van der Waals surface area contributed by atoms with E-state index in [0.717, 1.165) is 12.8 Å². The zero-order chi connectivity index (χ0) is 13.8. The molecule has 1 aromatic carbocycles. The molecule has 2 rings (SSSR count). The average Bonchev–Trinajstić information content (AvgIpc) is 2.89. The van der Waals surface area contributed by atoms with Crippen LogP contribution >= 0.6 is 27.3 Å². The summed E-state index contributed by atoms with van der Waals surface area (Å²) < 4.78 is 14.0. The maximum absolute atomic E-state index is 13.6. The van der Waals surface area contributed by atoms with E-state index in [1.54, 1.807) is 17.4 Å². The van der Waals surface area contributed by atoms with E-state index >= 15 is 0 Å². The Labute approximate surface area is 125 Å². The van der Waals surface area contributed by atoms with Gasteiger partial charge in [0.15, 0.2) is 0 Å².